The molecule has 2 N–H and O–H groups in total. The molecule has 0 fully saturated rings. The molecule has 1 aliphatic heterocycles. The number of nitrogens with zero attached hydrogens (tertiary/aromatic N) is 1. The molecule has 0 aromatic heterocycles. The molecule has 134 valence electrons. The molecule has 0 aliphatic carbocycles. The topological polar surface area (TPSA) is 27.3 Å². The summed E-state index contributed by atoms with van der Waals surface area (Å²) in [6, 6.07) is 21.3. The van der Waals surface area contributed by atoms with Crippen molar-refractivity contribution in [2.45, 2.75) is 6.17 Å². The number of hydrogen-bond acceptors (Lipinski definition) is 3. The number of halogens is 2. The third-order valence-corrected chi connectivity index (χ3v) is 5.14. The second-order valence-electron chi connectivity index (χ2n) is 6.39. The second-order valence-corrected chi connectivity index (χ2v) is 7.14. The standard InChI is InChI=1S/C21H21Cl2N3/c22-11-13-26(14-12-23)17-9-7-16(8-10-17)21-24-18-5-1-3-15-4-2-6-19(25-21)20(15)18/h1-10,21,24-25H,11-14H2. The number of nitrogens with one attached hydrogen (secondary N) is 2. The molecule has 0 saturated carbocycles. The highest BCUT2D eigenvalue weighted by Crippen LogP contribution is 2.38. The molecular formula is C21H21Cl2N3. The zero-order valence-electron chi connectivity index (χ0n) is 14.4. The van der Waals surface area contributed by atoms with E-state index in [0.717, 1.165) is 30.2 Å². The van der Waals surface area contributed by atoms with Crippen LogP contribution in [0.2, 0.25) is 0 Å². The van der Waals surface area contributed by atoms with Crippen LogP contribution < -0.4 is 15.5 Å². The zero-order valence-corrected chi connectivity index (χ0v) is 15.9. The Labute approximate surface area is 163 Å². The van der Waals surface area contributed by atoms with E-state index in [1.54, 1.807) is 0 Å². The molecular weight excluding hydrogens is 365 g/mol. The van der Waals surface area contributed by atoms with Gasteiger partial charge >= 0.3 is 0 Å². The monoisotopic (exact) mass is 385 g/mol. The molecule has 3 nitrogen and oxygen atoms in total. The van der Waals surface area contributed by atoms with Gasteiger partial charge < -0.3 is 15.5 Å². The van der Waals surface area contributed by atoms with Crippen molar-refractivity contribution in [2.75, 3.05) is 40.4 Å². The zero-order chi connectivity index (χ0) is 17.9. The van der Waals surface area contributed by atoms with Crippen LogP contribution in [-0.4, -0.2) is 24.8 Å². The molecule has 0 unspecified atom stereocenters. The van der Waals surface area contributed by atoms with Gasteiger partial charge in [-0.15, -0.1) is 23.2 Å². The summed E-state index contributed by atoms with van der Waals surface area (Å²) in [7, 11) is 0. The van der Waals surface area contributed by atoms with Gasteiger partial charge in [-0.05, 0) is 35.2 Å². The smallest absolute Gasteiger partial charge is 0.123 e. The van der Waals surface area contributed by atoms with Crippen molar-refractivity contribution >= 4 is 51.0 Å². The first-order valence-electron chi connectivity index (χ1n) is 8.82. The Balaban J connectivity index is 1.59. The molecule has 0 bridgehead atoms. The first kappa shape index (κ1) is 17.3. The van der Waals surface area contributed by atoms with Crippen LogP contribution in [0.3, 0.4) is 0 Å². The van der Waals surface area contributed by atoms with Gasteiger partial charge in [-0.1, -0.05) is 36.4 Å². The van der Waals surface area contributed by atoms with E-state index in [1.807, 2.05) is 0 Å². The van der Waals surface area contributed by atoms with Gasteiger partial charge in [0.15, 0.2) is 0 Å². The minimum absolute atomic E-state index is 0.0408. The Morgan fingerprint density at radius 2 is 1.35 bits per heavy atom. The normalized spacial score (nSPS) is 13.3. The summed E-state index contributed by atoms with van der Waals surface area (Å²) >= 11 is 11.8. The lowest BCUT2D eigenvalue weighted by Gasteiger charge is -2.30. The molecule has 3 aromatic rings. The van der Waals surface area contributed by atoms with Gasteiger partial charge in [-0.25, -0.2) is 0 Å². The maximum Gasteiger partial charge on any atom is 0.123 e. The maximum atomic E-state index is 5.92. The molecule has 5 heteroatoms. The summed E-state index contributed by atoms with van der Waals surface area (Å²) in [5.74, 6) is 1.18. The molecule has 0 radical (unpaired) electrons. The molecule has 0 amide bonds. The first-order valence-corrected chi connectivity index (χ1v) is 9.89. The lowest BCUT2D eigenvalue weighted by atomic mass is 10.0. The fourth-order valence-corrected chi connectivity index (χ4v) is 3.96. The average molecular weight is 386 g/mol. The molecule has 26 heavy (non-hydrogen) atoms. The van der Waals surface area contributed by atoms with Gasteiger partial charge in [0.1, 0.15) is 6.17 Å². The predicted octanol–water partition coefficient (Wildman–Crippen LogP) is 5.66. The van der Waals surface area contributed by atoms with Crippen LogP contribution in [-0.2, 0) is 0 Å². The van der Waals surface area contributed by atoms with Crippen LogP contribution in [0.5, 0.6) is 0 Å². The van der Waals surface area contributed by atoms with Crippen LogP contribution in [0, 0.1) is 0 Å². The summed E-state index contributed by atoms with van der Waals surface area (Å²) in [5.41, 5.74) is 4.67. The van der Waals surface area contributed by atoms with E-state index in [0.29, 0.717) is 11.8 Å². The van der Waals surface area contributed by atoms with E-state index >= 15 is 0 Å². The van der Waals surface area contributed by atoms with E-state index in [1.165, 1.54) is 16.3 Å². The van der Waals surface area contributed by atoms with Crippen LogP contribution in [0.4, 0.5) is 17.1 Å². The highest BCUT2D eigenvalue weighted by molar-refractivity contribution is 6.18. The summed E-state index contributed by atoms with van der Waals surface area (Å²) in [5, 5.41) is 9.71. The van der Waals surface area contributed by atoms with Crippen molar-refractivity contribution in [2.24, 2.45) is 0 Å². The fourth-order valence-electron chi connectivity index (χ4n) is 3.55. The fraction of sp³-hybridized carbons (Fsp3) is 0.238. The van der Waals surface area contributed by atoms with Gasteiger partial charge in [0, 0.05) is 47.3 Å². The Morgan fingerprint density at radius 3 is 1.88 bits per heavy atom. The summed E-state index contributed by atoms with van der Waals surface area (Å²) < 4.78 is 0. The van der Waals surface area contributed by atoms with Crippen LogP contribution in [0.25, 0.3) is 10.8 Å². The van der Waals surface area contributed by atoms with Crippen LogP contribution in [0.1, 0.15) is 11.7 Å². The summed E-state index contributed by atoms with van der Waals surface area (Å²) in [6.45, 7) is 1.59. The number of anilines is 3. The van der Waals surface area contributed by atoms with Crippen LogP contribution >= 0.6 is 23.2 Å². The lowest BCUT2D eigenvalue weighted by molar-refractivity contribution is 0.867. The van der Waals surface area contributed by atoms with Crippen molar-refractivity contribution in [3.05, 3.63) is 66.2 Å². The Bertz CT molecular complexity index is 849. The Kier molecular flexibility index (Phi) is 5.09. The third-order valence-electron chi connectivity index (χ3n) is 4.80. The van der Waals surface area contributed by atoms with Crippen molar-refractivity contribution < 1.29 is 0 Å². The molecule has 3 aromatic carbocycles. The van der Waals surface area contributed by atoms with Gasteiger partial charge in [-0.3, -0.25) is 0 Å². The molecule has 1 aliphatic rings. The van der Waals surface area contributed by atoms with Crippen molar-refractivity contribution in [3.8, 4) is 0 Å². The minimum Gasteiger partial charge on any atom is -0.369 e. The molecule has 0 atom stereocenters. The first-order chi connectivity index (χ1) is 12.8. The van der Waals surface area contributed by atoms with Crippen molar-refractivity contribution in [1.29, 1.82) is 0 Å². The molecule has 0 spiro atoms. The molecule has 4 rings (SSSR count). The summed E-state index contributed by atoms with van der Waals surface area (Å²) in [6.07, 6.45) is 0.0408. The van der Waals surface area contributed by atoms with Crippen molar-refractivity contribution in [1.82, 2.24) is 0 Å². The SMILES string of the molecule is ClCCN(CCCl)c1ccc(C2Nc3cccc4cccc(c34)N2)cc1. The van der Waals surface area contributed by atoms with Gasteiger partial charge in [0.05, 0.1) is 0 Å². The highest BCUT2D eigenvalue weighted by Gasteiger charge is 2.20. The predicted molar refractivity (Wildman–Crippen MR) is 114 cm³/mol. The number of rotatable bonds is 6. The van der Waals surface area contributed by atoms with E-state index < -0.39 is 0 Å². The van der Waals surface area contributed by atoms with Gasteiger partial charge in [0.2, 0.25) is 0 Å². The third kappa shape index (κ3) is 3.29. The van der Waals surface area contributed by atoms with E-state index in [-0.39, 0.29) is 6.17 Å². The molecule has 0 saturated heterocycles. The maximum absolute atomic E-state index is 5.92. The Hall–Kier alpha value is -2.10. The number of benzene rings is 3. The average Bonchev–Trinajstić information content (AvgIpc) is 2.68. The quantitative estimate of drug-likeness (QED) is 0.536. The van der Waals surface area contributed by atoms with Crippen LogP contribution in [0.15, 0.2) is 60.7 Å². The lowest BCUT2D eigenvalue weighted by Crippen LogP contribution is -2.28. The Morgan fingerprint density at radius 1 is 0.769 bits per heavy atom. The largest absolute Gasteiger partial charge is 0.369 e. The molecule has 1 heterocycles. The van der Waals surface area contributed by atoms with Crippen molar-refractivity contribution in [3.63, 3.8) is 0 Å². The highest BCUT2D eigenvalue weighted by atomic mass is 35.5. The van der Waals surface area contributed by atoms with Gasteiger partial charge in [0.25, 0.3) is 0 Å². The number of hydrogen-bond donors (Lipinski definition) is 2. The minimum atomic E-state index is 0.0408. The van der Waals surface area contributed by atoms with E-state index in [9.17, 15) is 0 Å². The van der Waals surface area contributed by atoms with E-state index in [4.69, 9.17) is 23.2 Å². The number of alkyl halides is 2. The van der Waals surface area contributed by atoms with Gasteiger partial charge in [-0.2, -0.15) is 0 Å². The second kappa shape index (κ2) is 7.65. The van der Waals surface area contributed by atoms with E-state index in [2.05, 4.69) is 76.2 Å². The summed E-state index contributed by atoms with van der Waals surface area (Å²) in [4.78, 5) is 2.21.